The summed E-state index contributed by atoms with van der Waals surface area (Å²) in [6.07, 6.45) is 3.11. The van der Waals surface area contributed by atoms with Gasteiger partial charge in [0.15, 0.2) is 0 Å². The van der Waals surface area contributed by atoms with Crippen LogP contribution in [0.5, 0.6) is 0 Å². The first-order chi connectivity index (χ1) is 9.61. The van der Waals surface area contributed by atoms with Gasteiger partial charge < -0.3 is 4.74 Å². The van der Waals surface area contributed by atoms with E-state index in [1.54, 1.807) is 12.1 Å². The number of halogens is 1. The molecule has 1 aromatic carbocycles. The van der Waals surface area contributed by atoms with E-state index in [1.165, 1.54) is 19.2 Å². The normalized spacial score (nSPS) is 33.1. The van der Waals surface area contributed by atoms with E-state index in [2.05, 4.69) is 11.9 Å². The summed E-state index contributed by atoms with van der Waals surface area (Å²) >= 11 is 0. The molecule has 4 heteroatoms. The lowest BCUT2D eigenvalue weighted by Gasteiger charge is -2.41. The number of carbonyl (C=O) groups is 1. The fraction of sp³-hybridized carbons (Fsp3) is 0.562. The van der Waals surface area contributed by atoms with Gasteiger partial charge in [-0.3, -0.25) is 9.69 Å². The lowest BCUT2D eigenvalue weighted by molar-refractivity contribution is -0.150. The molecule has 2 aliphatic rings. The van der Waals surface area contributed by atoms with Gasteiger partial charge in [-0.25, -0.2) is 4.39 Å². The Balaban J connectivity index is 1.95. The van der Waals surface area contributed by atoms with Gasteiger partial charge in [-0.2, -0.15) is 0 Å². The van der Waals surface area contributed by atoms with Crippen LogP contribution >= 0.6 is 0 Å². The molecule has 2 fully saturated rings. The summed E-state index contributed by atoms with van der Waals surface area (Å²) in [7, 11) is 3.55. The number of carbonyl (C=O) groups excluding carboxylic acids is 1. The van der Waals surface area contributed by atoms with Crippen LogP contribution in [0.4, 0.5) is 4.39 Å². The van der Waals surface area contributed by atoms with Crippen LogP contribution in [0.1, 0.15) is 30.7 Å². The average Bonchev–Trinajstić information content (AvgIpc) is 2.70. The zero-order valence-electron chi connectivity index (χ0n) is 11.9. The van der Waals surface area contributed by atoms with Crippen molar-refractivity contribution >= 4 is 5.97 Å². The van der Waals surface area contributed by atoms with Crippen molar-refractivity contribution in [1.82, 2.24) is 4.90 Å². The fourth-order valence-corrected chi connectivity index (χ4v) is 3.98. The molecule has 2 saturated heterocycles. The van der Waals surface area contributed by atoms with Crippen molar-refractivity contribution in [2.24, 2.45) is 5.92 Å². The molecular weight excluding hydrogens is 257 g/mol. The van der Waals surface area contributed by atoms with Crippen LogP contribution in [-0.4, -0.2) is 37.1 Å². The van der Waals surface area contributed by atoms with Crippen molar-refractivity contribution < 1.29 is 13.9 Å². The molecule has 0 saturated carbocycles. The molecule has 20 heavy (non-hydrogen) atoms. The van der Waals surface area contributed by atoms with E-state index >= 15 is 0 Å². The van der Waals surface area contributed by atoms with E-state index in [9.17, 15) is 9.18 Å². The van der Waals surface area contributed by atoms with Crippen LogP contribution < -0.4 is 0 Å². The molecule has 1 unspecified atom stereocenters. The molecule has 0 N–H and O–H groups in total. The van der Waals surface area contributed by atoms with E-state index in [4.69, 9.17) is 4.74 Å². The van der Waals surface area contributed by atoms with Crippen molar-refractivity contribution in [2.75, 3.05) is 14.2 Å². The van der Waals surface area contributed by atoms with Gasteiger partial charge in [0.25, 0.3) is 0 Å². The smallest absolute Gasteiger partial charge is 0.310 e. The molecule has 3 nitrogen and oxygen atoms in total. The largest absolute Gasteiger partial charge is 0.469 e. The van der Waals surface area contributed by atoms with Gasteiger partial charge in [0.1, 0.15) is 5.82 Å². The predicted octanol–water partition coefficient (Wildman–Crippen LogP) is 2.57. The summed E-state index contributed by atoms with van der Waals surface area (Å²) in [6, 6.07) is 7.34. The lowest BCUT2D eigenvalue weighted by Crippen LogP contribution is -2.49. The van der Waals surface area contributed by atoms with E-state index in [0.29, 0.717) is 6.04 Å². The first kappa shape index (κ1) is 13.6. The van der Waals surface area contributed by atoms with Gasteiger partial charge in [0.05, 0.1) is 13.0 Å². The molecule has 0 aromatic heterocycles. The zero-order chi connectivity index (χ0) is 14.3. The summed E-state index contributed by atoms with van der Waals surface area (Å²) in [5, 5.41) is 0. The zero-order valence-corrected chi connectivity index (χ0v) is 11.9. The third kappa shape index (κ3) is 2.12. The number of hydrogen-bond donors (Lipinski definition) is 0. The Morgan fingerprint density at radius 1 is 1.30 bits per heavy atom. The Hall–Kier alpha value is -1.42. The standard InChI is InChI=1S/C16H20FNO2/c1-18-12-7-8-14(18)15(16(19)20-2)13(9-12)10-3-5-11(17)6-4-10/h3-6,12-15H,7-9H2,1-2H3/t12?,13-,14-,15+/m1/s1. The number of ether oxygens (including phenoxy) is 1. The van der Waals surface area contributed by atoms with Gasteiger partial charge in [-0.05, 0) is 44.0 Å². The van der Waals surface area contributed by atoms with Crippen LogP contribution in [0.3, 0.4) is 0 Å². The summed E-state index contributed by atoms with van der Waals surface area (Å²) in [5.41, 5.74) is 1.05. The SMILES string of the molecule is COC(=O)[C@H]1[C@@H](c2ccc(F)cc2)CC2CC[C@H]1N2C. The second kappa shape index (κ2) is 5.17. The molecule has 3 rings (SSSR count). The molecule has 0 spiro atoms. The molecule has 4 atom stereocenters. The van der Waals surface area contributed by atoms with Crippen LogP contribution in [-0.2, 0) is 9.53 Å². The first-order valence-corrected chi connectivity index (χ1v) is 7.17. The van der Waals surface area contributed by atoms with Crippen LogP contribution in [0.15, 0.2) is 24.3 Å². The highest BCUT2D eigenvalue weighted by Crippen LogP contribution is 2.46. The second-order valence-electron chi connectivity index (χ2n) is 5.91. The minimum atomic E-state index is -0.237. The number of benzene rings is 1. The van der Waals surface area contributed by atoms with Crippen molar-refractivity contribution in [3.8, 4) is 0 Å². The molecule has 0 amide bonds. The van der Waals surface area contributed by atoms with Crippen LogP contribution in [0.2, 0.25) is 0 Å². The van der Waals surface area contributed by atoms with Crippen molar-refractivity contribution in [3.63, 3.8) is 0 Å². The summed E-state index contributed by atoms with van der Waals surface area (Å²) in [6.45, 7) is 0. The number of methoxy groups -OCH3 is 1. The highest BCUT2D eigenvalue weighted by Gasteiger charge is 2.49. The Morgan fingerprint density at radius 3 is 2.65 bits per heavy atom. The van der Waals surface area contributed by atoms with Gasteiger partial charge in [-0.15, -0.1) is 0 Å². The van der Waals surface area contributed by atoms with Gasteiger partial charge in [0.2, 0.25) is 0 Å². The number of esters is 1. The third-order valence-electron chi connectivity index (χ3n) is 5.04. The van der Waals surface area contributed by atoms with Gasteiger partial charge in [-0.1, -0.05) is 12.1 Å². The molecule has 2 bridgehead atoms. The number of nitrogens with zero attached hydrogens (tertiary/aromatic N) is 1. The number of rotatable bonds is 2. The maximum atomic E-state index is 13.1. The quantitative estimate of drug-likeness (QED) is 0.778. The van der Waals surface area contributed by atoms with Gasteiger partial charge >= 0.3 is 5.97 Å². The number of piperidine rings is 1. The summed E-state index contributed by atoms with van der Waals surface area (Å²) in [5.74, 6) is -0.387. The van der Waals surface area contributed by atoms with E-state index in [0.717, 1.165) is 24.8 Å². The average molecular weight is 277 g/mol. The minimum Gasteiger partial charge on any atom is -0.469 e. The topological polar surface area (TPSA) is 29.5 Å². The van der Waals surface area contributed by atoms with E-state index in [1.807, 2.05) is 0 Å². The molecule has 0 aliphatic carbocycles. The molecule has 0 radical (unpaired) electrons. The van der Waals surface area contributed by atoms with Crippen molar-refractivity contribution in [3.05, 3.63) is 35.6 Å². The Kier molecular flexibility index (Phi) is 3.50. The van der Waals surface area contributed by atoms with E-state index < -0.39 is 0 Å². The molecule has 1 aromatic rings. The van der Waals surface area contributed by atoms with Crippen LogP contribution in [0.25, 0.3) is 0 Å². The molecular formula is C16H20FNO2. The fourth-order valence-electron chi connectivity index (χ4n) is 3.98. The Morgan fingerprint density at radius 2 is 2.00 bits per heavy atom. The highest BCUT2D eigenvalue weighted by atomic mass is 19.1. The predicted molar refractivity (Wildman–Crippen MR) is 73.8 cm³/mol. The molecule has 2 aliphatic heterocycles. The summed E-state index contributed by atoms with van der Waals surface area (Å²) in [4.78, 5) is 14.5. The third-order valence-corrected chi connectivity index (χ3v) is 5.04. The second-order valence-corrected chi connectivity index (χ2v) is 5.91. The maximum absolute atomic E-state index is 13.1. The monoisotopic (exact) mass is 277 g/mol. The van der Waals surface area contributed by atoms with E-state index in [-0.39, 0.29) is 29.7 Å². The first-order valence-electron chi connectivity index (χ1n) is 7.17. The highest BCUT2D eigenvalue weighted by molar-refractivity contribution is 5.75. The number of fused-ring (bicyclic) bond motifs is 2. The molecule has 2 heterocycles. The van der Waals surface area contributed by atoms with Crippen LogP contribution in [0, 0.1) is 11.7 Å². The van der Waals surface area contributed by atoms with Crippen molar-refractivity contribution in [2.45, 2.75) is 37.3 Å². The minimum absolute atomic E-state index is 0.136. The maximum Gasteiger partial charge on any atom is 0.310 e. The Bertz CT molecular complexity index is 502. The lowest BCUT2D eigenvalue weighted by atomic mass is 9.76. The Labute approximate surface area is 118 Å². The van der Waals surface area contributed by atoms with Gasteiger partial charge in [0, 0.05) is 18.0 Å². The van der Waals surface area contributed by atoms with Crippen molar-refractivity contribution in [1.29, 1.82) is 0 Å². The summed E-state index contributed by atoms with van der Waals surface area (Å²) < 4.78 is 18.1. The molecule has 108 valence electrons. The number of hydrogen-bond acceptors (Lipinski definition) is 3.